The van der Waals surface area contributed by atoms with E-state index in [0.29, 0.717) is 28.6 Å². The molecule has 0 bridgehead atoms. The van der Waals surface area contributed by atoms with E-state index < -0.39 is 0 Å². The lowest BCUT2D eigenvalue weighted by Crippen LogP contribution is -2.23. The summed E-state index contributed by atoms with van der Waals surface area (Å²) in [4.78, 5) is 35.0. The number of nitrogens with zero attached hydrogens (tertiary/aromatic N) is 4. The van der Waals surface area contributed by atoms with Gasteiger partial charge in [0.2, 0.25) is 0 Å². The first-order valence-electron chi connectivity index (χ1n) is 12.5. The normalized spacial score (nSPS) is 11.3. The fourth-order valence-corrected chi connectivity index (χ4v) is 4.92. The summed E-state index contributed by atoms with van der Waals surface area (Å²) in [6.45, 7) is 2.57. The Bertz CT molecular complexity index is 1870. The zero-order chi connectivity index (χ0) is 27.1. The maximum absolute atomic E-state index is 13.6. The molecule has 0 fully saturated rings. The lowest BCUT2D eigenvalue weighted by molar-refractivity contribution is 0.104. The molecule has 3 heterocycles. The van der Waals surface area contributed by atoms with Crippen molar-refractivity contribution in [1.29, 1.82) is 0 Å². The Balaban J connectivity index is 1.34. The van der Waals surface area contributed by atoms with E-state index in [1.165, 1.54) is 16.7 Å². The minimum Gasteiger partial charge on any atom is -0.340 e. The largest absolute Gasteiger partial charge is 0.340 e. The van der Waals surface area contributed by atoms with Gasteiger partial charge in [0.1, 0.15) is 17.2 Å². The number of imidazole rings is 1. The first-order valence-corrected chi connectivity index (χ1v) is 12.5. The summed E-state index contributed by atoms with van der Waals surface area (Å²) < 4.78 is 17.0. The third-order valence-corrected chi connectivity index (χ3v) is 6.96. The highest BCUT2D eigenvalue weighted by molar-refractivity contribution is 6.17. The van der Waals surface area contributed by atoms with Crippen LogP contribution in [0, 0.1) is 12.7 Å². The van der Waals surface area contributed by atoms with Gasteiger partial charge in [0.25, 0.3) is 0 Å². The Morgan fingerprint density at radius 3 is 2.41 bits per heavy atom. The molecule has 7 nitrogen and oxygen atoms in total. The topological polar surface area (TPSA) is 81.8 Å². The van der Waals surface area contributed by atoms with E-state index in [-0.39, 0.29) is 17.6 Å². The molecule has 1 N–H and O–H groups in total. The molecule has 0 atom stereocenters. The molecule has 8 heteroatoms. The van der Waals surface area contributed by atoms with E-state index in [9.17, 15) is 14.0 Å². The van der Waals surface area contributed by atoms with Crippen LogP contribution in [0.15, 0.2) is 91.4 Å². The van der Waals surface area contributed by atoms with Crippen LogP contribution in [-0.4, -0.2) is 38.0 Å². The maximum atomic E-state index is 13.6. The van der Waals surface area contributed by atoms with Crippen molar-refractivity contribution in [2.24, 2.45) is 0 Å². The highest BCUT2D eigenvalue weighted by Gasteiger charge is 2.20. The molecule has 192 valence electrons. The van der Waals surface area contributed by atoms with Crippen LogP contribution in [0.4, 0.5) is 9.18 Å². The van der Waals surface area contributed by atoms with Gasteiger partial charge in [0.05, 0.1) is 17.2 Å². The number of pyridine rings is 1. The number of carbonyl (C=O) groups excluding carboxylic acids is 2. The molecule has 3 aromatic carbocycles. The zero-order valence-electron chi connectivity index (χ0n) is 21.4. The molecule has 6 rings (SSSR count). The third-order valence-electron chi connectivity index (χ3n) is 6.96. The Hall–Kier alpha value is -5.11. The number of ketones is 1. The van der Waals surface area contributed by atoms with Gasteiger partial charge in [-0.2, -0.15) is 0 Å². The Kier molecular flexibility index (Phi) is 5.99. The smallest absolute Gasteiger partial charge is 0.325 e. The van der Waals surface area contributed by atoms with Crippen molar-refractivity contribution in [2.45, 2.75) is 13.5 Å². The number of aromatic nitrogens is 4. The summed E-state index contributed by atoms with van der Waals surface area (Å²) in [7, 11) is 1.54. The second-order valence-electron chi connectivity index (χ2n) is 9.34. The monoisotopic (exact) mass is 517 g/mol. The van der Waals surface area contributed by atoms with Crippen LogP contribution in [0.2, 0.25) is 0 Å². The van der Waals surface area contributed by atoms with E-state index in [2.05, 4.69) is 19.9 Å². The number of hydrogen-bond donors (Lipinski definition) is 1. The molecule has 1 amide bonds. The minimum absolute atomic E-state index is 0.181. The number of fused-ring (bicyclic) bond motifs is 2. The van der Waals surface area contributed by atoms with Gasteiger partial charge in [0.15, 0.2) is 5.78 Å². The first kappa shape index (κ1) is 24.2. The summed E-state index contributed by atoms with van der Waals surface area (Å²) in [5.74, 6) is 0.387. The van der Waals surface area contributed by atoms with Gasteiger partial charge in [-0.1, -0.05) is 48.5 Å². The minimum atomic E-state index is -0.358. The summed E-state index contributed by atoms with van der Waals surface area (Å²) in [5, 5.41) is 3.29. The van der Waals surface area contributed by atoms with Gasteiger partial charge < -0.3 is 9.88 Å². The van der Waals surface area contributed by atoms with Gasteiger partial charge >= 0.3 is 6.03 Å². The average molecular weight is 518 g/mol. The highest BCUT2D eigenvalue weighted by atomic mass is 19.1. The number of aryl methyl sites for hydroxylation is 1. The molecule has 0 saturated heterocycles. The zero-order valence-corrected chi connectivity index (χ0v) is 21.4. The molecule has 0 aliphatic carbocycles. The van der Waals surface area contributed by atoms with Crippen LogP contribution < -0.4 is 5.32 Å². The average Bonchev–Trinajstić information content (AvgIpc) is 3.50. The molecular weight excluding hydrogens is 493 g/mol. The second kappa shape index (κ2) is 9.64. The van der Waals surface area contributed by atoms with Crippen molar-refractivity contribution in [3.05, 3.63) is 120 Å². The quantitative estimate of drug-likeness (QED) is 0.286. The van der Waals surface area contributed by atoms with Crippen molar-refractivity contribution in [3.8, 4) is 11.1 Å². The Morgan fingerprint density at radius 2 is 1.67 bits per heavy atom. The van der Waals surface area contributed by atoms with Crippen LogP contribution >= 0.6 is 0 Å². The van der Waals surface area contributed by atoms with Gasteiger partial charge in [-0.15, -0.1) is 0 Å². The highest BCUT2D eigenvalue weighted by Crippen LogP contribution is 2.30. The van der Waals surface area contributed by atoms with E-state index in [4.69, 9.17) is 0 Å². The lowest BCUT2D eigenvalue weighted by Gasteiger charge is -2.08. The van der Waals surface area contributed by atoms with Crippen molar-refractivity contribution in [1.82, 2.24) is 24.4 Å². The molecule has 0 spiro atoms. The molecule has 0 aliphatic heterocycles. The standard InChI is InChI=1S/C31H24FN5O2/c1-19-35-27-16-34-14-13-28(27)36(19)17-20-3-5-22(6-4-20)30(38)26-18-37(31(39)33-2)29-15-23(9-12-25(26)29)21-7-10-24(32)11-8-21/h3-16,18H,17H2,1-2H3,(H,33,39). The third kappa shape index (κ3) is 4.35. The van der Waals surface area contributed by atoms with Crippen LogP contribution in [0.1, 0.15) is 27.3 Å². The molecule has 6 aromatic rings. The molecular formula is C31H24FN5O2. The molecule has 0 radical (unpaired) electrons. The Labute approximate surface area is 223 Å². The number of amides is 1. The summed E-state index contributed by atoms with van der Waals surface area (Å²) in [6, 6.07) is 20.8. The number of halogens is 1. The fraction of sp³-hybridized carbons (Fsp3) is 0.0968. The van der Waals surface area contributed by atoms with Crippen molar-refractivity contribution >= 4 is 33.8 Å². The predicted octanol–water partition coefficient (Wildman–Crippen LogP) is 5.97. The number of nitrogens with one attached hydrogen (secondary N) is 1. The molecule has 0 saturated carbocycles. The van der Waals surface area contributed by atoms with Crippen LogP contribution in [0.25, 0.3) is 33.1 Å². The van der Waals surface area contributed by atoms with Gasteiger partial charge in [-0.3, -0.25) is 14.3 Å². The van der Waals surface area contributed by atoms with Crippen LogP contribution in [0.3, 0.4) is 0 Å². The number of benzene rings is 3. The number of rotatable bonds is 5. The van der Waals surface area contributed by atoms with Crippen molar-refractivity contribution in [2.75, 3.05) is 7.05 Å². The van der Waals surface area contributed by atoms with E-state index in [0.717, 1.165) is 33.5 Å². The van der Waals surface area contributed by atoms with Gasteiger partial charge in [-0.05, 0) is 47.9 Å². The fourth-order valence-electron chi connectivity index (χ4n) is 4.92. The predicted molar refractivity (Wildman–Crippen MR) is 148 cm³/mol. The number of carbonyl (C=O) groups is 2. The summed E-state index contributed by atoms with van der Waals surface area (Å²) in [5.41, 5.74) is 6.04. The van der Waals surface area contributed by atoms with Gasteiger partial charge in [-0.25, -0.2) is 14.2 Å². The van der Waals surface area contributed by atoms with Gasteiger partial charge in [0, 0.05) is 42.5 Å². The molecule has 39 heavy (non-hydrogen) atoms. The van der Waals surface area contributed by atoms with E-state index in [1.807, 2.05) is 55.5 Å². The van der Waals surface area contributed by atoms with Crippen LogP contribution in [-0.2, 0) is 6.54 Å². The molecule has 0 unspecified atom stereocenters. The molecule has 0 aliphatic rings. The van der Waals surface area contributed by atoms with Crippen molar-refractivity contribution in [3.63, 3.8) is 0 Å². The lowest BCUT2D eigenvalue weighted by atomic mass is 9.99. The van der Waals surface area contributed by atoms with Crippen molar-refractivity contribution < 1.29 is 14.0 Å². The Morgan fingerprint density at radius 1 is 0.923 bits per heavy atom. The summed E-state index contributed by atoms with van der Waals surface area (Å²) >= 11 is 0. The summed E-state index contributed by atoms with van der Waals surface area (Å²) in [6.07, 6.45) is 5.07. The number of hydrogen-bond acceptors (Lipinski definition) is 4. The van der Waals surface area contributed by atoms with E-state index >= 15 is 0 Å². The van der Waals surface area contributed by atoms with E-state index in [1.54, 1.807) is 37.8 Å². The SMILES string of the molecule is CNC(=O)n1cc(C(=O)c2ccc(Cn3c(C)nc4cnccc43)cc2)c2ccc(-c3ccc(F)cc3)cc21. The second-order valence-corrected chi connectivity index (χ2v) is 9.34. The van der Waals surface area contributed by atoms with Crippen LogP contribution in [0.5, 0.6) is 0 Å². The maximum Gasteiger partial charge on any atom is 0.325 e. The first-order chi connectivity index (χ1) is 18.9. The molecule has 3 aromatic heterocycles.